The monoisotopic (exact) mass is 367 g/mol. The van der Waals surface area contributed by atoms with Gasteiger partial charge >= 0.3 is 0 Å². The molecule has 0 aliphatic carbocycles. The summed E-state index contributed by atoms with van der Waals surface area (Å²) in [5, 5.41) is 22.5. The van der Waals surface area contributed by atoms with Crippen molar-refractivity contribution in [3.05, 3.63) is 59.7 Å². The van der Waals surface area contributed by atoms with Crippen LogP contribution < -0.4 is 5.32 Å². The molecule has 0 aromatic heterocycles. The van der Waals surface area contributed by atoms with Crippen LogP contribution in [0.5, 0.6) is 11.5 Å². The quantitative estimate of drug-likeness (QED) is 0.427. The Balaban J connectivity index is 1.79. The molecule has 3 N–H and O–H groups in total. The molecule has 0 radical (unpaired) electrons. The standard InChI is InChI=1S/C23H29NO3/c1-2-21(16-7-11-19(25)12-8-16)23(17-9-13-20(26)14-10-17)22(27)6-4-3-5-18-15-24-18/h7-14,18,21,23-26H,2-6,15H2,1H3/t18-,21?,23-/m1/s1. The van der Waals surface area contributed by atoms with Gasteiger partial charge in [-0.25, -0.2) is 0 Å². The summed E-state index contributed by atoms with van der Waals surface area (Å²) in [6.45, 7) is 3.21. The number of aromatic hydroxyl groups is 2. The van der Waals surface area contributed by atoms with Gasteiger partial charge in [0.05, 0.1) is 0 Å². The van der Waals surface area contributed by atoms with Crippen LogP contribution in [0.1, 0.15) is 62.0 Å². The second-order valence-corrected chi connectivity index (χ2v) is 7.49. The number of hydrogen-bond donors (Lipinski definition) is 3. The van der Waals surface area contributed by atoms with Gasteiger partial charge in [-0.15, -0.1) is 0 Å². The van der Waals surface area contributed by atoms with Gasteiger partial charge in [-0.3, -0.25) is 4.79 Å². The first-order valence-corrected chi connectivity index (χ1v) is 9.92. The van der Waals surface area contributed by atoms with Gasteiger partial charge in [0.15, 0.2) is 0 Å². The number of rotatable bonds is 10. The van der Waals surface area contributed by atoms with Gasteiger partial charge in [-0.2, -0.15) is 0 Å². The SMILES string of the molecule is CCC(c1ccc(O)cc1)[C@H](C(=O)CCCC[C@@H]1CN1)c1ccc(O)cc1. The first-order chi connectivity index (χ1) is 13.1. The molecule has 4 nitrogen and oxygen atoms in total. The van der Waals surface area contributed by atoms with Crippen LogP contribution in [0.2, 0.25) is 0 Å². The minimum Gasteiger partial charge on any atom is -0.508 e. The Morgan fingerprint density at radius 1 is 1.00 bits per heavy atom. The zero-order valence-corrected chi connectivity index (χ0v) is 15.9. The van der Waals surface area contributed by atoms with Crippen molar-refractivity contribution in [2.45, 2.75) is 56.9 Å². The number of ketones is 1. The number of nitrogens with one attached hydrogen (secondary N) is 1. The minimum absolute atomic E-state index is 0.0488. The molecule has 1 saturated heterocycles. The summed E-state index contributed by atoms with van der Waals surface area (Å²) in [5.41, 5.74) is 2.01. The molecule has 1 aliphatic heterocycles. The fourth-order valence-electron chi connectivity index (χ4n) is 3.84. The van der Waals surface area contributed by atoms with E-state index in [2.05, 4.69) is 12.2 Å². The van der Waals surface area contributed by atoms with Gasteiger partial charge in [0.2, 0.25) is 0 Å². The number of carbonyl (C=O) groups is 1. The molecular weight excluding hydrogens is 338 g/mol. The molecule has 0 bridgehead atoms. The van der Waals surface area contributed by atoms with Gasteiger partial charge < -0.3 is 15.5 Å². The fraction of sp³-hybridized carbons (Fsp3) is 0.435. The number of benzene rings is 2. The van der Waals surface area contributed by atoms with Gasteiger partial charge in [-0.05, 0) is 60.6 Å². The number of phenols is 2. The molecule has 0 saturated carbocycles. The summed E-state index contributed by atoms with van der Waals surface area (Å²) in [6, 6.07) is 14.8. The van der Waals surface area contributed by atoms with Crippen LogP contribution in [0.4, 0.5) is 0 Å². The smallest absolute Gasteiger partial charge is 0.140 e. The number of phenolic OH excluding ortho intramolecular Hbond substituents is 2. The van der Waals surface area contributed by atoms with Gasteiger partial charge in [-0.1, -0.05) is 37.6 Å². The van der Waals surface area contributed by atoms with E-state index in [0.717, 1.165) is 43.4 Å². The van der Waals surface area contributed by atoms with Gasteiger partial charge in [0.1, 0.15) is 17.3 Å². The predicted octanol–water partition coefficient (Wildman–Crippen LogP) is 4.48. The third-order valence-electron chi connectivity index (χ3n) is 5.48. The second kappa shape index (κ2) is 9.05. The van der Waals surface area contributed by atoms with Crippen molar-refractivity contribution in [1.82, 2.24) is 5.32 Å². The lowest BCUT2D eigenvalue weighted by molar-refractivity contribution is -0.121. The first-order valence-electron chi connectivity index (χ1n) is 9.92. The van der Waals surface area contributed by atoms with E-state index < -0.39 is 0 Å². The molecule has 0 amide bonds. The highest BCUT2D eigenvalue weighted by molar-refractivity contribution is 5.87. The average molecular weight is 367 g/mol. The summed E-state index contributed by atoms with van der Waals surface area (Å²) < 4.78 is 0. The summed E-state index contributed by atoms with van der Waals surface area (Å²) in [4.78, 5) is 13.2. The molecule has 4 heteroatoms. The van der Waals surface area contributed by atoms with Crippen LogP contribution in [0, 0.1) is 0 Å². The zero-order chi connectivity index (χ0) is 19.2. The Morgan fingerprint density at radius 3 is 2.07 bits per heavy atom. The Hall–Kier alpha value is -2.33. The third kappa shape index (κ3) is 5.33. The number of unbranched alkanes of at least 4 members (excludes halogenated alkanes) is 1. The van der Waals surface area contributed by atoms with Gasteiger partial charge in [0.25, 0.3) is 0 Å². The molecule has 0 spiro atoms. The Bertz CT molecular complexity index is 735. The number of Topliss-reactive ketones (excluding diaryl/α,β-unsaturated/α-hetero) is 1. The average Bonchev–Trinajstić information content (AvgIpc) is 3.49. The molecule has 1 fully saturated rings. The largest absolute Gasteiger partial charge is 0.508 e. The molecule has 3 atom stereocenters. The fourth-order valence-corrected chi connectivity index (χ4v) is 3.84. The number of carbonyl (C=O) groups excluding carboxylic acids is 1. The van der Waals surface area contributed by atoms with E-state index in [1.165, 1.54) is 0 Å². The predicted molar refractivity (Wildman–Crippen MR) is 107 cm³/mol. The summed E-state index contributed by atoms with van der Waals surface area (Å²) in [7, 11) is 0. The molecule has 3 rings (SSSR count). The van der Waals surface area contributed by atoms with Crippen molar-refractivity contribution in [2.75, 3.05) is 6.54 Å². The Morgan fingerprint density at radius 2 is 1.56 bits per heavy atom. The van der Waals surface area contributed by atoms with Crippen LogP contribution in [0.25, 0.3) is 0 Å². The first kappa shape index (κ1) is 19.4. The number of hydrogen-bond acceptors (Lipinski definition) is 4. The van der Waals surface area contributed by atoms with Crippen molar-refractivity contribution < 1.29 is 15.0 Å². The Kier molecular flexibility index (Phi) is 6.51. The summed E-state index contributed by atoms with van der Waals surface area (Å²) >= 11 is 0. The molecular formula is C23H29NO3. The lowest BCUT2D eigenvalue weighted by Gasteiger charge is -2.26. The Labute approximate surface area is 161 Å². The van der Waals surface area contributed by atoms with Crippen LogP contribution in [-0.2, 0) is 4.79 Å². The van der Waals surface area contributed by atoms with Crippen molar-refractivity contribution in [3.8, 4) is 11.5 Å². The van der Waals surface area contributed by atoms with Crippen LogP contribution in [0.15, 0.2) is 48.5 Å². The molecule has 2 aromatic rings. The van der Waals surface area contributed by atoms with E-state index in [9.17, 15) is 15.0 Å². The summed E-state index contributed by atoms with van der Waals surface area (Å²) in [6.07, 6.45) is 4.53. The molecule has 27 heavy (non-hydrogen) atoms. The maximum atomic E-state index is 13.2. The van der Waals surface area contributed by atoms with Crippen LogP contribution >= 0.6 is 0 Å². The van der Waals surface area contributed by atoms with Crippen molar-refractivity contribution in [3.63, 3.8) is 0 Å². The molecule has 1 aliphatic rings. The van der Waals surface area contributed by atoms with Crippen LogP contribution in [-0.4, -0.2) is 28.6 Å². The molecule has 1 heterocycles. The normalized spacial score (nSPS) is 18.0. The maximum Gasteiger partial charge on any atom is 0.140 e. The van der Waals surface area contributed by atoms with E-state index >= 15 is 0 Å². The lowest BCUT2D eigenvalue weighted by atomic mass is 9.76. The minimum atomic E-state index is -0.237. The third-order valence-corrected chi connectivity index (χ3v) is 5.48. The highest BCUT2D eigenvalue weighted by atomic mass is 16.3. The molecule has 1 unspecified atom stereocenters. The maximum absolute atomic E-state index is 13.2. The van der Waals surface area contributed by atoms with Crippen molar-refractivity contribution in [2.24, 2.45) is 0 Å². The highest BCUT2D eigenvalue weighted by Crippen LogP contribution is 2.38. The van der Waals surface area contributed by atoms with E-state index in [0.29, 0.717) is 12.5 Å². The summed E-state index contributed by atoms with van der Waals surface area (Å²) in [5.74, 6) is 0.505. The van der Waals surface area contributed by atoms with Crippen molar-refractivity contribution in [1.29, 1.82) is 0 Å². The zero-order valence-electron chi connectivity index (χ0n) is 15.9. The van der Waals surface area contributed by atoms with Crippen molar-refractivity contribution >= 4 is 5.78 Å². The highest BCUT2D eigenvalue weighted by Gasteiger charge is 2.29. The van der Waals surface area contributed by atoms with E-state index in [1.54, 1.807) is 24.3 Å². The van der Waals surface area contributed by atoms with Crippen LogP contribution in [0.3, 0.4) is 0 Å². The van der Waals surface area contributed by atoms with E-state index in [4.69, 9.17) is 0 Å². The van der Waals surface area contributed by atoms with E-state index in [-0.39, 0.29) is 29.1 Å². The van der Waals surface area contributed by atoms with E-state index in [1.807, 2.05) is 24.3 Å². The lowest BCUT2D eigenvalue weighted by Crippen LogP contribution is -2.20. The topological polar surface area (TPSA) is 79.5 Å². The second-order valence-electron chi connectivity index (χ2n) is 7.49. The molecule has 2 aromatic carbocycles. The molecule has 144 valence electrons. The van der Waals surface area contributed by atoms with Gasteiger partial charge in [0, 0.05) is 24.9 Å².